The third-order valence-corrected chi connectivity index (χ3v) is 6.51. The smallest absolute Gasteiger partial charge is 0.257 e. The van der Waals surface area contributed by atoms with Gasteiger partial charge in [0, 0.05) is 22.4 Å². The van der Waals surface area contributed by atoms with Gasteiger partial charge in [0.1, 0.15) is 6.04 Å². The second-order valence-electron chi connectivity index (χ2n) is 7.86. The Kier molecular flexibility index (Phi) is 2.97. The number of hydrogen-bond donors (Lipinski definition) is 1. The lowest BCUT2D eigenvalue weighted by Gasteiger charge is -2.54. The summed E-state index contributed by atoms with van der Waals surface area (Å²) in [6.45, 7) is 5.96. The third kappa shape index (κ3) is 1.81. The summed E-state index contributed by atoms with van der Waals surface area (Å²) in [7, 11) is 0. The van der Waals surface area contributed by atoms with Crippen molar-refractivity contribution in [2.45, 2.75) is 31.2 Å². The van der Waals surface area contributed by atoms with Gasteiger partial charge in [-0.15, -0.1) is 0 Å². The summed E-state index contributed by atoms with van der Waals surface area (Å²) in [5.41, 5.74) is 1.51. The molecule has 0 saturated carbocycles. The number of carbonyl (C=O) groups is 2. The highest BCUT2D eigenvalue weighted by molar-refractivity contribution is 6.05. The molecule has 0 unspecified atom stereocenters. The van der Waals surface area contributed by atoms with E-state index < -0.39 is 17.8 Å². The van der Waals surface area contributed by atoms with Crippen molar-refractivity contribution in [1.82, 2.24) is 9.80 Å². The highest BCUT2D eigenvalue weighted by Gasteiger charge is 2.63. The highest BCUT2D eigenvalue weighted by atomic mass is 16.7. The summed E-state index contributed by atoms with van der Waals surface area (Å²) in [5.74, 6) is 0.662. The van der Waals surface area contributed by atoms with Gasteiger partial charge in [0.2, 0.25) is 12.7 Å². The molecule has 3 atom stereocenters. The van der Waals surface area contributed by atoms with Crippen LogP contribution in [0.5, 0.6) is 11.5 Å². The van der Waals surface area contributed by atoms with Gasteiger partial charge in [-0.25, -0.2) is 0 Å². The number of carbonyl (C=O) groups excluding carboxylic acids is 2. The fourth-order valence-electron chi connectivity index (χ4n) is 5.18. The maximum atomic E-state index is 13.3. The number of benzene rings is 2. The second kappa shape index (κ2) is 5.18. The molecule has 0 bridgehead atoms. The van der Waals surface area contributed by atoms with Crippen LogP contribution in [0.15, 0.2) is 43.0 Å². The average Bonchev–Trinajstić information content (AvgIpc) is 3.26. The van der Waals surface area contributed by atoms with Crippen LogP contribution in [0.3, 0.4) is 0 Å². The van der Waals surface area contributed by atoms with Crippen molar-refractivity contribution in [1.29, 1.82) is 0 Å². The molecular weight excluding hydrogens is 372 g/mol. The lowest BCUT2D eigenvalue weighted by Crippen LogP contribution is -2.70. The first-order valence-corrected chi connectivity index (χ1v) is 9.53. The van der Waals surface area contributed by atoms with E-state index >= 15 is 0 Å². The van der Waals surface area contributed by atoms with Crippen molar-refractivity contribution in [3.8, 4) is 11.5 Å². The van der Waals surface area contributed by atoms with E-state index in [1.54, 1.807) is 36.1 Å². The van der Waals surface area contributed by atoms with E-state index in [0.29, 0.717) is 34.7 Å². The van der Waals surface area contributed by atoms with Crippen molar-refractivity contribution < 1.29 is 24.2 Å². The van der Waals surface area contributed by atoms with E-state index in [-0.39, 0.29) is 18.6 Å². The zero-order chi connectivity index (χ0) is 20.1. The molecule has 7 heteroatoms. The van der Waals surface area contributed by atoms with E-state index in [1.165, 1.54) is 4.90 Å². The van der Waals surface area contributed by atoms with Gasteiger partial charge in [-0.05, 0) is 37.1 Å². The number of rotatable bonds is 0. The fourth-order valence-corrected chi connectivity index (χ4v) is 5.18. The minimum absolute atomic E-state index is 0.146. The van der Waals surface area contributed by atoms with E-state index in [1.807, 2.05) is 12.1 Å². The molecular formula is C22H18N2O5. The molecule has 4 aliphatic heterocycles. The Hall–Kier alpha value is -3.32. The Bertz CT molecular complexity index is 1140. The Morgan fingerprint density at radius 3 is 2.66 bits per heavy atom. The monoisotopic (exact) mass is 390 g/mol. The number of fused-ring (bicyclic) bond motifs is 7. The molecule has 0 aromatic heterocycles. The first-order valence-electron chi connectivity index (χ1n) is 9.53. The number of amides is 2. The normalized spacial score (nSPS) is 28.8. The minimum Gasteiger partial charge on any atom is -0.454 e. The van der Waals surface area contributed by atoms with E-state index in [0.717, 1.165) is 11.1 Å². The van der Waals surface area contributed by atoms with Gasteiger partial charge in [-0.1, -0.05) is 24.8 Å². The standard InChI is InChI=1S/C22H18N2O5/c1-11-15-9-18-17(28-10-29-18)7-13(15)8-19-22(27)16-6-4-3-5-14(16)21(26)24(22)12(2)20(25)23(11)19/h3-7,9,12,19,27H,1,8,10H2,2H3/t12-,19-,22+/m0/s1. The van der Waals surface area contributed by atoms with Crippen LogP contribution in [0, 0.1) is 0 Å². The maximum Gasteiger partial charge on any atom is 0.257 e. The quantitative estimate of drug-likeness (QED) is 0.743. The van der Waals surface area contributed by atoms with Gasteiger partial charge >= 0.3 is 0 Å². The van der Waals surface area contributed by atoms with Crippen molar-refractivity contribution in [2.24, 2.45) is 0 Å². The van der Waals surface area contributed by atoms with Gasteiger partial charge in [0.25, 0.3) is 5.91 Å². The first-order chi connectivity index (χ1) is 13.9. The van der Waals surface area contributed by atoms with Gasteiger partial charge in [0.05, 0.1) is 6.04 Å². The number of nitrogens with zero attached hydrogens (tertiary/aromatic N) is 2. The fraction of sp³-hybridized carbons (Fsp3) is 0.273. The lowest BCUT2D eigenvalue weighted by atomic mass is 9.80. The molecule has 4 heterocycles. The molecule has 7 nitrogen and oxygen atoms in total. The lowest BCUT2D eigenvalue weighted by molar-refractivity contribution is -0.189. The minimum atomic E-state index is -1.63. The zero-order valence-electron chi connectivity index (χ0n) is 15.7. The van der Waals surface area contributed by atoms with E-state index in [4.69, 9.17) is 9.47 Å². The number of ether oxygens (including phenoxy) is 2. The van der Waals surface area contributed by atoms with Crippen LogP contribution >= 0.6 is 0 Å². The van der Waals surface area contributed by atoms with Gasteiger partial charge in [0.15, 0.2) is 17.2 Å². The Labute approximate surface area is 166 Å². The average molecular weight is 390 g/mol. The molecule has 1 saturated heterocycles. The third-order valence-electron chi connectivity index (χ3n) is 6.51. The van der Waals surface area contributed by atoms with E-state index in [9.17, 15) is 14.7 Å². The van der Waals surface area contributed by atoms with Crippen LogP contribution in [-0.4, -0.2) is 45.6 Å². The SMILES string of the molecule is C=C1c2cc3c(cc2C[C@@H]2N1C(=O)[C@H](C)N1C(=O)c4ccccc4[C@@]21O)OCO3. The molecule has 1 fully saturated rings. The molecule has 2 aromatic rings. The van der Waals surface area contributed by atoms with Crippen LogP contribution in [-0.2, 0) is 16.9 Å². The Morgan fingerprint density at radius 1 is 1.14 bits per heavy atom. The van der Waals surface area contributed by atoms with Crippen LogP contribution in [0.2, 0.25) is 0 Å². The van der Waals surface area contributed by atoms with E-state index in [2.05, 4.69) is 6.58 Å². The molecule has 29 heavy (non-hydrogen) atoms. The van der Waals surface area contributed by atoms with Crippen molar-refractivity contribution in [3.05, 3.63) is 65.2 Å². The largest absolute Gasteiger partial charge is 0.454 e. The molecule has 0 spiro atoms. The maximum absolute atomic E-state index is 13.3. The summed E-state index contributed by atoms with van der Waals surface area (Å²) >= 11 is 0. The topological polar surface area (TPSA) is 79.3 Å². The van der Waals surface area contributed by atoms with Gasteiger partial charge in [-0.2, -0.15) is 0 Å². The Balaban J connectivity index is 1.58. The van der Waals surface area contributed by atoms with Gasteiger partial charge in [-0.3, -0.25) is 14.5 Å². The molecule has 2 aromatic carbocycles. The van der Waals surface area contributed by atoms with Crippen molar-refractivity contribution >= 4 is 17.5 Å². The molecule has 1 N–H and O–H groups in total. The zero-order valence-corrected chi connectivity index (χ0v) is 15.7. The highest BCUT2D eigenvalue weighted by Crippen LogP contribution is 2.51. The van der Waals surface area contributed by atoms with Crippen LogP contribution in [0.1, 0.15) is 34.0 Å². The van der Waals surface area contributed by atoms with Crippen LogP contribution < -0.4 is 9.47 Å². The summed E-state index contributed by atoms with van der Waals surface area (Å²) in [6, 6.07) is 9.21. The Morgan fingerprint density at radius 2 is 1.86 bits per heavy atom. The van der Waals surface area contributed by atoms with Gasteiger partial charge < -0.3 is 19.5 Å². The molecule has 4 aliphatic rings. The number of aliphatic hydroxyl groups is 1. The molecule has 6 rings (SSSR count). The number of hydrogen-bond acceptors (Lipinski definition) is 5. The van der Waals surface area contributed by atoms with Crippen molar-refractivity contribution in [3.63, 3.8) is 0 Å². The second-order valence-corrected chi connectivity index (χ2v) is 7.86. The van der Waals surface area contributed by atoms with Crippen LogP contribution in [0.25, 0.3) is 5.70 Å². The van der Waals surface area contributed by atoms with Crippen LogP contribution in [0.4, 0.5) is 0 Å². The summed E-state index contributed by atoms with van der Waals surface area (Å²) in [6.07, 6.45) is 0.359. The first kappa shape index (κ1) is 16.6. The summed E-state index contributed by atoms with van der Waals surface area (Å²) in [4.78, 5) is 29.3. The summed E-state index contributed by atoms with van der Waals surface area (Å²) < 4.78 is 11.0. The predicted molar refractivity (Wildman–Crippen MR) is 102 cm³/mol. The summed E-state index contributed by atoms with van der Waals surface area (Å²) in [5, 5.41) is 12.0. The molecule has 2 amide bonds. The molecule has 0 aliphatic carbocycles. The molecule has 0 radical (unpaired) electrons. The number of piperazine rings is 1. The predicted octanol–water partition coefficient (Wildman–Crippen LogP) is 1.84. The molecule has 146 valence electrons. The van der Waals surface area contributed by atoms with Crippen molar-refractivity contribution in [2.75, 3.05) is 6.79 Å².